The van der Waals surface area contributed by atoms with E-state index in [4.69, 9.17) is 9.11 Å². The minimum atomic E-state index is -4.26. The van der Waals surface area contributed by atoms with Gasteiger partial charge in [0.05, 0.1) is 22.6 Å². The van der Waals surface area contributed by atoms with E-state index >= 15 is 0 Å². The Labute approximate surface area is 199 Å². The first-order chi connectivity index (χ1) is 16.0. The third-order valence-corrected chi connectivity index (χ3v) is 6.64. The molecule has 0 spiro atoms. The molecule has 0 fully saturated rings. The lowest BCUT2D eigenvalue weighted by atomic mass is 10.1. The number of hydrogen-bond acceptors (Lipinski definition) is 12. The van der Waals surface area contributed by atoms with Crippen LogP contribution in [0.3, 0.4) is 0 Å². The fraction of sp³-hybridized carbons (Fsp3) is 0.278. The number of nitrogens with one attached hydrogen (secondary N) is 2. The quantitative estimate of drug-likeness (QED) is 0.223. The molecule has 0 atom stereocenters. The minimum Gasteiger partial charge on any atom is -0.368 e. The minimum absolute atomic E-state index is 0.000181. The smallest absolute Gasteiger partial charge is 0.266 e. The Bertz CT molecular complexity index is 1490. The van der Waals surface area contributed by atoms with Gasteiger partial charge in [0.2, 0.25) is 0 Å². The van der Waals surface area contributed by atoms with Crippen molar-refractivity contribution in [2.75, 3.05) is 35.2 Å². The number of hydrogen-bond donors (Lipinski definition) is 4. The van der Waals surface area contributed by atoms with Crippen LogP contribution in [0, 0.1) is 18.3 Å². The first kappa shape index (κ1) is 25.4. The fourth-order valence-corrected chi connectivity index (χ4v) is 4.26. The maximum absolute atomic E-state index is 11.1. The van der Waals surface area contributed by atoms with Gasteiger partial charge in [-0.2, -0.15) is 26.5 Å². The highest BCUT2D eigenvalue weighted by atomic mass is 32.2. The van der Waals surface area contributed by atoms with E-state index in [0.717, 1.165) is 22.4 Å². The third-order valence-electron chi connectivity index (χ3n) is 4.44. The molecular formula is C18H19N7O6S3. The summed E-state index contributed by atoms with van der Waals surface area (Å²) in [5.74, 6) is -1.19. The maximum Gasteiger partial charge on any atom is 0.266 e. The van der Waals surface area contributed by atoms with Gasteiger partial charge in [0.25, 0.3) is 20.2 Å². The van der Waals surface area contributed by atoms with Crippen molar-refractivity contribution < 1.29 is 25.9 Å². The lowest BCUT2D eigenvalue weighted by Gasteiger charge is -2.15. The summed E-state index contributed by atoms with van der Waals surface area (Å²) in [5.41, 5.74) is 1.26. The number of azo groups is 1. The van der Waals surface area contributed by atoms with E-state index in [9.17, 15) is 22.1 Å². The molecule has 0 radical (unpaired) electrons. The Morgan fingerprint density at radius 3 is 2.26 bits per heavy atom. The van der Waals surface area contributed by atoms with Crippen LogP contribution in [-0.2, 0) is 20.2 Å². The monoisotopic (exact) mass is 525 g/mol. The SMILES string of the molecule is Cc1c(C#N)c(NCCS(=O)(=O)O)nc(NCCS(=O)(=O)O)c1N=Nc1snc2ccccc12. The van der Waals surface area contributed by atoms with Gasteiger partial charge in [-0.05, 0) is 30.6 Å². The second-order valence-corrected chi connectivity index (χ2v) is 10.8. The number of nitriles is 1. The Morgan fingerprint density at radius 1 is 1.03 bits per heavy atom. The topological polar surface area (TPSA) is 207 Å². The lowest BCUT2D eigenvalue weighted by molar-refractivity contribution is 0.481. The molecule has 2 aromatic heterocycles. The summed E-state index contributed by atoms with van der Waals surface area (Å²) in [7, 11) is -8.50. The van der Waals surface area contributed by atoms with Gasteiger partial charge in [0.1, 0.15) is 17.6 Å². The molecule has 0 aliphatic rings. The van der Waals surface area contributed by atoms with E-state index in [1.165, 1.54) is 0 Å². The molecular weight excluding hydrogens is 506 g/mol. The molecule has 0 aliphatic heterocycles. The molecule has 0 aliphatic carbocycles. The second kappa shape index (κ2) is 10.4. The summed E-state index contributed by atoms with van der Waals surface area (Å²) >= 11 is 1.12. The van der Waals surface area contributed by atoms with Gasteiger partial charge in [-0.3, -0.25) is 9.11 Å². The lowest BCUT2D eigenvalue weighted by Crippen LogP contribution is -2.18. The zero-order valence-electron chi connectivity index (χ0n) is 17.6. The normalized spacial score (nSPS) is 12.2. The Kier molecular flexibility index (Phi) is 7.74. The van der Waals surface area contributed by atoms with Crippen LogP contribution in [0.25, 0.3) is 10.9 Å². The molecule has 0 unspecified atom stereocenters. The first-order valence-corrected chi connectivity index (χ1v) is 13.6. The van der Waals surface area contributed by atoms with Crippen LogP contribution in [0.15, 0.2) is 34.5 Å². The predicted octanol–water partition coefficient (Wildman–Crippen LogP) is 2.89. The van der Waals surface area contributed by atoms with E-state index in [-0.39, 0.29) is 36.0 Å². The zero-order valence-corrected chi connectivity index (χ0v) is 20.1. The van der Waals surface area contributed by atoms with Crippen LogP contribution in [0.4, 0.5) is 22.3 Å². The van der Waals surface area contributed by atoms with E-state index in [0.29, 0.717) is 10.6 Å². The van der Waals surface area contributed by atoms with Crippen LogP contribution in [0.2, 0.25) is 0 Å². The molecule has 1 aromatic carbocycles. The summed E-state index contributed by atoms with van der Waals surface area (Å²) in [4.78, 5) is 4.24. The van der Waals surface area contributed by atoms with E-state index in [1.807, 2.05) is 30.3 Å². The second-order valence-electron chi connectivity index (χ2n) is 6.90. The maximum atomic E-state index is 11.1. The molecule has 2 heterocycles. The Hall–Kier alpha value is -3.23. The van der Waals surface area contributed by atoms with Crippen LogP contribution in [0.1, 0.15) is 11.1 Å². The summed E-state index contributed by atoms with van der Waals surface area (Å²) in [6.07, 6.45) is 0. The van der Waals surface area contributed by atoms with Gasteiger partial charge in [-0.1, -0.05) is 12.1 Å². The molecule has 34 heavy (non-hydrogen) atoms. The Morgan fingerprint density at radius 2 is 1.65 bits per heavy atom. The Balaban J connectivity index is 2.01. The van der Waals surface area contributed by atoms with Crippen molar-refractivity contribution in [2.45, 2.75) is 6.92 Å². The van der Waals surface area contributed by atoms with Crippen molar-refractivity contribution in [2.24, 2.45) is 10.2 Å². The van der Waals surface area contributed by atoms with Crippen LogP contribution in [0.5, 0.6) is 0 Å². The largest absolute Gasteiger partial charge is 0.368 e. The van der Waals surface area contributed by atoms with Gasteiger partial charge in [0.15, 0.2) is 10.8 Å². The van der Waals surface area contributed by atoms with E-state index in [1.54, 1.807) is 6.92 Å². The van der Waals surface area contributed by atoms with Crippen molar-refractivity contribution in [3.8, 4) is 6.07 Å². The van der Waals surface area contributed by atoms with E-state index < -0.39 is 31.7 Å². The van der Waals surface area contributed by atoms with Crippen LogP contribution < -0.4 is 10.6 Å². The molecule has 0 saturated heterocycles. The number of benzene rings is 1. The third kappa shape index (κ3) is 6.65. The summed E-state index contributed by atoms with van der Waals surface area (Å²) in [6, 6.07) is 9.28. The number of rotatable bonds is 10. The van der Waals surface area contributed by atoms with Crippen molar-refractivity contribution in [3.05, 3.63) is 35.4 Å². The van der Waals surface area contributed by atoms with Gasteiger partial charge in [0, 0.05) is 24.0 Å². The van der Waals surface area contributed by atoms with Gasteiger partial charge < -0.3 is 10.6 Å². The van der Waals surface area contributed by atoms with Crippen LogP contribution >= 0.6 is 11.5 Å². The standard InChI is InChI=1S/C18H19N7O6S3/c1-11-13(10-19)16(20-6-8-33(26,27)28)22-17(21-7-9-34(29,30)31)15(11)23-24-18-12-4-2-3-5-14(12)25-32-18/h2-5H,6-9H2,1H3,(H2,20,21,22)(H,26,27,28)(H,29,30,31). The summed E-state index contributed by atoms with van der Waals surface area (Å²) < 4.78 is 66.4. The molecule has 16 heteroatoms. The predicted molar refractivity (Wildman–Crippen MR) is 127 cm³/mol. The zero-order chi connectivity index (χ0) is 24.9. The van der Waals surface area contributed by atoms with Crippen molar-refractivity contribution in [1.29, 1.82) is 5.26 Å². The van der Waals surface area contributed by atoms with Gasteiger partial charge in [-0.25, -0.2) is 4.98 Å². The fourth-order valence-electron chi connectivity index (χ4n) is 2.84. The molecule has 3 aromatic rings. The number of anilines is 2. The molecule has 0 saturated carbocycles. The summed E-state index contributed by atoms with van der Waals surface area (Å²) in [6.45, 7) is 1.10. The average molecular weight is 526 g/mol. The highest BCUT2D eigenvalue weighted by Gasteiger charge is 2.19. The highest BCUT2D eigenvalue weighted by molar-refractivity contribution is 7.86. The van der Waals surface area contributed by atoms with Crippen molar-refractivity contribution in [1.82, 2.24) is 9.36 Å². The molecule has 13 nitrogen and oxygen atoms in total. The van der Waals surface area contributed by atoms with Gasteiger partial charge in [-0.15, -0.1) is 10.2 Å². The van der Waals surface area contributed by atoms with Gasteiger partial charge >= 0.3 is 0 Å². The summed E-state index contributed by atoms with van der Waals surface area (Å²) in [5, 5.41) is 24.8. The van der Waals surface area contributed by atoms with E-state index in [2.05, 4.69) is 30.2 Å². The van der Waals surface area contributed by atoms with Crippen molar-refractivity contribution in [3.63, 3.8) is 0 Å². The molecule has 3 rings (SSSR count). The molecule has 4 N–H and O–H groups in total. The number of pyridine rings is 1. The average Bonchev–Trinajstić information content (AvgIpc) is 3.15. The molecule has 0 bridgehead atoms. The molecule has 0 amide bonds. The number of fused-ring (bicyclic) bond motifs is 1. The number of aromatic nitrogens is 2. The molecule has 180 valence electrons. The van der Waals surface area contributed by atoms with Crippen LogP contribution in [-0.4, -0.2) is 59.9 Å². The van der Waals surface area contributed by atoms with Crippen molar-refractivity contribution >= 4 is 65.0 Å². The highest BCUT2D eigenvalue weighted by Crippen LogP contribution is 2.37. The number of nitrogens with zero attached hydrogens (tertiary/aromatic N) is 5. The first-order valence-electron chi connectivity index (χ1n) is 9.57.